The van der Waals surface area contributed by atoms with Crippen LogP contribution in [0.5, 0.6) is 11.5 Å². The third-order valence-corrected chi connectivity index (χ3v) is 4.20. The SMILES string of the molecule is CC(C)=CCC/C(C)=C/CC/C(C)=C/COc1c(F)c(O)c([N+](=O)[O-])c(F)c1F.[H-].[Na+]. The van der Waals surface area contributed by atoms with Crippen LogP contribution in [-0.2, 0) is 0 Å². The van der Waals surface area contributed by atoms with Crippen molar-refractivity contribution in [2.45, 2.75) is 53.4 Å². The number of nitro benzene ring substituents is 1. The first-order valence-electron chi connectivity index (χ1n) is 9.17. The molecule has 5 nitrogen and oxygen atoms in total. The zero-order valence-electron chi connectivity index (χ0n) is 19.0. The summed E-state index contributed by atoms with van der Waals surface area (Å²) in [6.45, 7) is 7.71. The van der Waals surface area contributed by atoms with Gasteiger partial charge in [-0.15, -0.1) is 0 Å². The molecule has 0 aromatic heterocycles. The van der Waals surface area contributed by atoms with Crippen molar-refractivity contribution in [1.82, 2.24) is 0 Å². The van der Waals surface area contributed by atoms with Crippen molar-refractivity contribution in [3.63, 3.8) is 0 Å². The predicted octanol–water partition coefficient (Wildman–Crippen LogP) is 3.63. The monoisotopic (exact) mass is 437 g/mol. The number of nitro groups is 1. The van der Waals surface area contributed by atoms with E-state index >= 15 is 0 Å². The Morgan fingerprint density at radius 1 is 1.00 bits per heavy atom. The number of halogens is 3. The van der Waals surface area contributed by atoms with E-state index in [4.69, 9.17) is 4.74 Å². The summed E-state index contributed by atoms with van der Waals surface area (Å²) >= 11 is 0. The average molecular weight is 437 g/mol. The second-order valence-electron chi connectivity index (χ2n) is 7.00. The van der Waals surface area contributed by atoms with Gasteiger partial charge in [0.15, 0.2) is 5.75 Å². The minimum atomic E-state index is -1.97. The van der Waals surface area contributed by atoms with E-state index in [-0.39, 0.29) is 37.6 Å². The molecule has 30 heavy (non-hydrogen) atoms. The molecule has 0 unspecified atom stereocenters. The van der Waals surface area contributed by atoms with E-state index in [2.05, 4.69) is 32.9 Å². The van der Waals surface area contributed by atoms with Crippen molar-refractivity contribution in [3.8, 4) is 11.5 Å². The second-order valence-corrected chi connectivity index (χ2v) is 7.00. The van der Waals surface area contributed by atoms with E-state index in [1.807, 2.05) is 6.92 Å². The quantitative estimate of drug-likeness (QED) is 0.200. The Bertz CT molecular complexity index is 825. The topological polar surface area (TPSA) is 72.6 Å². The van der Waals surface area contributed by atoms with Crippen molar-refractivity contribution in [2.24, 2.45) is 0 Å². The van der Waals surface area contributed by atoms with Gasteiger partial charge in [-0.05, 0) is 59.5 Å². The van der Waals surface area contributed by atoms with Crippen LogP contribution in [-0.4, -0.2) is 16.6 Å². The molecule has 1 aromatic carbocycles. The molecular formula is C21H27F3NNaO4. The predicted molar refractivity (Wildman–Crippen MR) is 107 cm³/mol. The van der Waals surface area contributed by atoms with Gasteiger partial charge in [0.2, 0.25) is 23.2 Å². The molecular weight excluding hydrogens is 410 g/mol. The van der Waals surface area contributed by atoms with Gasteiger partial charge < -0.3 is 11.3 Å². The average Bonchev–Trinajstić information content (AvgIpc) is 2.62. The maximum Gasteiger partial charge on any atom is 1.00 e. The summed E-state index contributed by atoms with van der Waals surface area (Å²) in [5.41, 5.74) is 1.79. The van der Waals surface area contributed by atoms with Crippen molar-refractivity contribution < 1.29 is 58.9 Å². The zero-order chi connectivity index (χ0) is 22.1. The summed E-state index contributed by atoms with van der Waals surface area (Å²) in [6, 6.07) is 0. The van der Waals surface area contributed by atoms with Crippen LogP contribution in [0.1, 0.15) is 54.8 Å². The summed E-state index contributed by atoms with van der Waals surface area (Å²) in [5, 5.41) is 20.0. The molecule has 0 aliphatic heterocycles. The molecule has 0 fully saturated rings. The number of hydrogen-bond acceptors (Lipinski definition) is 4. The van der Waals surface area contributed by atoms with E-state index < -0.39 is 39.6 Å². The number of phenolic OH excluding ortho intramolecular Hbond substituents is 1. The first-order valence-corrected chi connectivity index (χ1v) is 9.17. The minimum Gasteiger partial charge on any atom is -1.00 e. The number of benzene rings is 1. The van der Waals surface area contributed by atoms with E-state index in [0.29, 0.717) is 6.42 Å². The molecule has 1 aromatic rings. The van der Waals surface area contributed by atoms with E-state index in [0.717, 1.165) is 24.8 Å². The van der Waals surface area contributed by atoms with Gasteiger partial charge in [0.05, 0.1) is 4.92 Å². The van der Waals surface area contributed by atoms with Gasteiger partial charge in [-0.25, -0.2) is 0 Å². The van der Waals surface area contributed by atoms with Crippen LogP contribution >= 0.6 is 0 Å². The largest absolute Gasteiger partial charge is 1.00 e. The van der Waals surface area contributed by atoms with Crippen molar-refractivity contribution in [2.75, 3.05) is 6.61 Å². The van der Waals surface area contributed by atoms with Gasteiger partial charge in [0.25, 0.3) is 0 Å². The fraction of sp³-hybridized carbons (Fsp3) is 0.429. The van der Waals surface area contributed by atoms with Gasteiger partial charge in [0.1, 0.15) is 6.61 Å². The Kier molecular flexibility index (Phi) is 12.7. The number of hydrogen-bond donors (Lipinski definition) is 1. The molecule has 0 aliphatic rings. The van der Waals surface area contributed by atoms with E-state index in [1.54, 1.807) is 6.08 Å². The van der Waals surface area contributed by atoms with Crippen LogP contribution in [0.25, 0.3) is 0 Å². The van der Waals surface area contributed by atoms with E-state index in [9.17, 15) is 28.4 Å². The number of phenols is 1. The summed E-state index contributed by atoms with van der Waals surface area (Å²) < 4.78 is 46.3. The molecule has 0 radical (unpaired) electrons. The Balaban J connectivity index is 0. The molecule has 9 heteroatoms. The number of ether oxygens (including phenoxy) is 1. The second kappa shape index (κ2) is 13.5. The van der Waals surface area contributed by atoms with Crippen LogP contribution in [0.4, 0.5) is 18.9 Å². The molecule has 0 aliphatic carbocycles. The van der Waals surface area contributed by atoms with Crippen molar-refractivity contribution >= 4 is 5.69 Å². The Labute approximate surface area is 198 Å². The Morgan fingerprint density at radius 2 is 1.53 bits per heavy atom. The van der Waals surface area contributed by atoms with Crippen LogP contribution < -0.4 is 34.3 Å². The van der Waals surface area contributed by atoms with Gasteiger partial charge in [-0.3, -0.25) is 10.1 Å². The normalized spacial score (nSPS) is 11.7. The number of rotatable bonds is 10. The Hall–Kier alpha value is -1.77. The summed E-state index contributed by atoms with van der Waals surface area (Å²) in [6.07, 6.45) is 9.33. The van der Waals surface area contributed by atoms with Gasteiger partial charge in [-0.1, -0.05) is 28.9 Å². The molecule has 0 bridgehead atoms. The van der Waals surface area contributed by atoms with Gasteiger partial charge in [-0.2, -0.15) is 13.2 Å². The number of nitrogens with zero attached hydrogens (tertiary/aromatic N) is 1. The molecule has 0 heterocycles. The van der Waals surface area contributed by atoms with Crippen LogP contribution in [0.2, 0.25) is 0 Å². The first kappa shape index (κ1) is 28.2. The minimum absolute atomic E-state index is 0. The molecule has 0 saturated heterocycles. The van der Waals surface area contributed by atoms with Crippen LogP contribution in [0, 0.1) is 27.6 Å². The molecule has 162 valence electrons. The van der Waals surface area contributed by atoms with Gasteiger partial charge >= 0.3 is 35.2 Å². The third-order valence-electron chi connectivity index (χ3n) is 4.20. The molecule has 0 spiro atoms. The van der Waals surface area contributed by atoms with Crippen LogP contribution in [0.3, 0.4) is 0 Å². The standard InChI is InChI=1S/C21H26F3NO4.Na.H/c1-13(2)7-5-8-14(3)9-6-10-15(4)11-12-29-21-17(23)16(22)19(25(27)28)20(26)18(21)24;;/h7,9,11,26H,5-6,8,10,12H2,1-4H3;;/q;+1;-1/b14-9+,15-11+;;. The van der Waals surface area contributed by atoms with Crippen LogP contribution in [0.15, 0.2) is 34.9 Å². The summed E-state index contributed by atoms with van der Waals surface area (Å²) in [4.78, 5) is 9.21. The number of aromatic hydroxyl groups is 1. The van der Waals surface area contributed by atoms with Gasteiger partial charge in [0, 0.05) is 0 Å². The van der Waals surface area contributed by atoms with Crippen molar-refractivity contribution in [3.05, 3.63) is 62.5 Å². The fourth-order valence-electron chi connectivity index (χ4n) is 2.51. The maximum atomic E-state index is 13.9. The summed E-state index contributed by atoms with van der Waals surface area (Å²) in [5.74, 6) is -8.33. The Morgan fingerprint density at radius 3 is 2.07 bits per heavy atom. The smallest absolute Gasteiger partial charge is 1.00 e. The fourth-order valence-corrected chi connectivity index (χ4v) is 2.51. The maximum absolute atomic E-state index is 13.9. The first-order chi connectivity index (χ1) is 13.6. The molecule has 0 saturated carbocycles. The molecule has 0 atom stereocenters. The molecule has 1 N–H and O–H groups in total. The van der Waals surface area contributed by atoms with E-state index in [1.165, 1.54) is 11.1 Å². The van der Waals surface area contributed by atoms with Crippen molar-refractivity contribution in [1.29, 1.82) is 0 Å². The summed E-state index contributed by atoms with van der Waals surface area (Å²) in [7, 11) is 0. The molecule has 1 rings (SSSR count). The zero-order valence-corrected chi connectivity index (χ0v) is 20.0. The third kappa shape index (κ3) is 8.53. The molecule has 0 amide bonds. The number of allylic oxidation sites excluding steroid dienone is 5.